The van der Waals surface area contributed by atoms with Crippen LogP contribution in [0.3, 0.4) is 0 Å². The lowest BCUT2D eigenvalue weighted by molar-refractivity contribution is 0.0985. The van der Waals surface area contributed by atoms with Crippen molar-refractivity contribution in [3.8, 4) is 11.5 Å². The minimum atomic E-state index is -0.147. The van der Waals surface area contributed by atoms with E-state index in [1.807, 2.05) is 61.5 Å². The van der Waals surface area contributed by atoms with Gasteiger partial charge >= 0.3 is 0 Å². The molecule has 168 valence electrons. The Morgan fingerprint density at radius 3 is 2.41 bits per heavy atom. The van der Waals surface area contributed by atoms with Gasteiger partial charge in [-0.2, -0.15) is 0 Å². The van der Waals surface area contributed by atoms with E-state index in [2.05, 4.69) is 4.98 Å². The van der Waals surface area contributed by atoms with E-state index in [9.17, 15) is 4.79 Å². The molecule has 0 bridgehead atoms. The molecule has 0 aliphatic rings. The summed E-state index contributed by atoms with van der Waals surface area (Å²) in [5, 5.41) is 1.27. The number of amides is 1. The smallest absolute Gasteiger partial charge is 0.260 e. The minimum absolute atomic E-state index is 0.147. The molecule has 0 atom stereocenters. The lowest BCUT2D eigenvalue weighted by atomic mass is 10.1. The first kappa shape index (κ1) is 22.1. The molecule has 0 spiro atoms. The molecule has 0 fully saturated rings. The van der Waals surface area contributed by atoms with E-state index in [0.717, 1.165) is 27.1 Å². The van der Waals surface area contributed by atoms with Gasteiger partial charge in [0.05, 0.1) is 16.8 Å². The number of anilines is 1. The van der Waals surface area contributed by atoms with Crippen LogP contribution in [-0.2, 0) is 6.54 Å². The molecular weight excluding hydrogens is 466 g/mol. The molecule has 5 nitrogen and oxygen atoms in total. The molecule has 3 aromatic carbocycles. The first-order chi connectivity index (χ1) is 16.6. The number of carbonyl (C=O) groups excluding carboxylic acids is 1. The summed E-state index contributed by atoms with van der Waals surface area (Å²) in [5.41, 5.74) is 3.33. The summed E-state index contributed by atoms with van der Waals surface area (Å²) in [6.45, 7) is 2.34. The van der Waals surface area contributed by atoms with Gasteiger partial charge in [-0.25, -0.2) is 4.98 Å². The van der Waals surface area contributed by atoms with Gasteiger partial charge in [0.15, 0.2) is 5.13 Å². The fourth-order valence-electron chi connectivity index (χ4n) is 3.60. The third kappa shape index (κ3) is 4.78. The number of thiazole rings is 1. The van der Waals surface area contributed by atoms with Crippen molar-refractivity contribution in [3.05, 3.63) is 113 Å². The van der Waals surface area contributed by atoms with Crippen LogP contribution < -0.4 is 9.64 Å². The second kappa shape index (κ2) is 9.63. The number of rotatable bonds is 6. The Labute approximate surface area is 206 Å². The number of carbonyl (C=O) groups is 1. The van der Waals surface area contributed by atoms with E-state index in [4.69, 9.17) is 21.3 Å². The number of para-hydroxylation sites is 1. The van der Waals surface area contributed by atoms with E-state index in [-0.39, 0.29) is 5.91 Å². The van der Waals surface area contributed by atoms with Gasteiger partial charge in [-0.15, -0.1) is 0 Å². The number of halogens is 1. The lowest BCUT2D eigenvalue weighted by Gasteiger charge is -2.20. The van der Waals surface area contributed by atoms with Gasteiger partial charge in [-0.05, 0) is 78.7 Å². The Morgan fingerprint density at radius 1 is 0.971 bits per heavy atom. The summed E-state index contributed by atoms with van der Waals surface area (Å²) in [6.07, 6.45) is 3.44. The van der Waals surface area contributed by atoms with Crippen molar-refractivity contribution in [1.29, 1.82) is 0 Å². The molecule has 7 heteroatoms. The summed E-state index contributed by atoms with van der Waals surface area (Å²) >= 11 is 7.70. The molecule has 2 heterocycles. The molecule has 0 radical (unpaired) electrons. The van der Waals surface area contributed by atoms with Crippen LogP contribution in [0.5, 0.6) is 11.5 Å². The number of ether oxygens (including phenoxy) is 1. The van der Waals surface area contributed by atoms with Crippen LogP contribution in [0.25, 0.3) is 10.2 Å². The van der Waals surface area contributed by atoms with E-state index in [1.54, 1.807) is 41.6 Å². The quantitative estimate of drug-likeness (QED) is 0.253. The van der Waals surface area contributed by atoms with Crippen LogP contribution >= 0.6 is 22.9 Å². The van der Waals surface area contributed by atoms with Crippen LogP contribution in [0.15, 0.2) is 91.3 Å². The van der Waals surface area contributed by atoms with Gasteiger partial charge in [0.1, 0.15) is 11.5 Å². The molecule has 0 aliphatic carbocycles. The zero-order valence-electron chi connectivity index (χ0n) is 18.3. The largest absolute Gasteiger partial charge is 0.457 e. The van der Waals surface area contributed by atoms with Gasteiger partial charge in [0.25, 0.3) is 5.91 Å². The van der Waals surface area contributed by atoms with E-state index in [1.165, 1.54) is 11.3 Å². The van der Waals surface area contributed by atoms with Crippen LogP contribution in [0, 0.1) is 6.92 Å². The fourth-order valence-corrected chi connectivity index (χ4v) is 5.02. The zero-order valence-corrected chi connectivity index (χ0v) is 19.9. The van der Waals surface area contributed by atoms with Crippen LogP contribution in [0.1, 0.15) is 21.5 Å². The van der Waals surface area contributed by atoms with Crippen molar-refractivity contribution in [2.45, 2.75) is 13.5 Å². The van der Waals surface area contributed by atoms with Crippen LogP contribution in [-0.4, -0.2) is 15.9 Å². The third-order valence-electron chi connectivity index (χ3n) is 5.29. The molecule has 34 heavy (non-hydrogen) atoms. The van der Waals surface area contributed by atoms with Crippen molar-refractivity contribution in [2.24, 2.45) is 0 Å². The molecular formula is C27H20ClN3O2S. The Kier molecular flexibility index (Phi) is 6.25. The van der Waals surface area contributed by atoms with Crippen molar-refractivity contribution in [2.75, 3.05) is 4.90 Å². The SMILES string of the molecule is Cc1cc(Cl)cc2sc(N(Cc3ccncc3)C(=O)c3ccc(Oc4ccccc4)cc3)nc12. The van der Waals surface area contributed by atoms with Crippen molar-refractivity contribution in [1.82, 2.24) is 9.97 Å². The monoisotopic (exact) mass is 485 g/mol. The Hall–Kier alpha value is -3.74. The first-order valence-electron chi connectivity index (χ1n) is 10.7. The van der Waals surface area contributed by atoms with Gasteiger partial charge in [-0.3, -0.25) is 14.7 Å². The Bertz CT molecular complexity index is 1440. The molecule has 5 rings (SSSR count). The highest BCUT2D eigenvalue weighted by molar-refractivity contribution is 7.22. The highest BCUT2D eigenvalue weighted by Gasteiger charge is 2.22. The highest BCUT2D eigenvalue weighted by Crippen LogP contribution is 2.34. The van der Waals surface area contributed by atoms with E-state index >= 15 is 0 Å². The van der Waals surface area contributed by atoms with Crippen LogP contribution in [0.4, 0.5) is 5.13 Å². The van der Waals surface area contributed by atoms with Gasteiger partial charge in [-0.1, -0.05) is 41.1 Å². The standard InChI is InChI=1S/C27H20ClN3O2S/c1-18-15-21(28)16-24-25(18)30-27(34-24)31(17-19-11-13-29-14-12-19)26(32)20-7-9-23(10-8-20)33-22-5-3-2-4-6-22/h2-16H,17H2,1H3. The van der Waals surface area contributed by atoms with Gasteiger partial charge in [0.2, 0.25) is 0 Å². The Balaban J connectivity index is 1.47. The number of hydrogen-bond acceptors (Lipinski definition) is 5. The van der Waals surface area contributed by atoms with Gasteiger partial charge < -0.3 is 4.74 Å². The molecule has 0 saturated carbocycles. The molecule has 2 aromatic heterocycles. The molecule has 0 N–H and O–H groups in total. The average molecular weight is 486 g/mol. The lowest BCUT2D eigenvalue weighted by Crippen LogP contribution is -2.30. The molecule has 1 amide bonds. The van der Waals surface area contributed by atoms with Gasteiger partial charge in [0, 0.05) is 23.0 Å². The number of pyridine rings is 1. The first-order valence-corrected chi connectivity index (χ1v) is 11.9. The summed E-state index contributed by atoms with van der Waals surface area (Å²) in [7, 11) is 0. The number of hydrogen-bond donors (Lipinski definition) is 0. The molecule has 0 aliphatic heterocycles. The Morgan fingerprint density at radius 2 is 1.68 bits per heavy atom. The zero-order chi connectivity index (χ0) is 23.5. The number of aromatic nitrogens is 2. The average Bonchev–Trinajstić information content (AvgIpc) is 3.28. The third-order valence-corrected chi connectivity index (χ3v) is 6.53. The maximum Gasteiger partial charge on any atom is 0.260 e. The topological polar surface area (TPSA) is 55.3 Å². The second-order valence-electron chi connectivity index (χ2n) is 7.75. The summed E-state index contributed by atoms with van der Waals surface area (Å²) in [5.74, 6) is 1.25. The fraction of sp³-hybridized carbons (Fsp3) is 0.0741. The molecule has 0 unspecified atom stereocenters. The predicted molar refractivity (Wildman–Crippen MR) is 137 cm³/mol. The highest BCUT2D eigenvalue weighted by atomic mass is 35.5. The summed E-state index contributed by atoms with van der Waals surface area (Å²) in [6, 6.07) is 24.2. The maximum absolute atomic E-state index is 13.7. The minimum Gasteiger partial charge on any atom is -0.457 e. The number of nitrogens with zero attached hydrogens (tertiary/aromatic N) is 3. The van der Waals surface area contributed by atoms with E-state index < -0.39 is 0 Å². The van der Waals surface area contributed by atoms with E-state index in [0.29, 0.717) is 28.0 Å². The maximum atomic E-state index is 13.7. The normalized spacial score (nSPS) is 10.9. The van der Waals surface area contributed by atoms with Crippen molar-refractivity contribution < 1.29 is 9.53 Å². The number of aryl methyl sites for hydroxylation is 1. The molecule has 5 aromatic rings. The van der Waals surface area contributed by atoms with Crippen molar-refractivity contribution >= 4 is 44.2 Å². The van der Waals surface area contributed by atoms with Crippen LogP contribution in [0.2, 0.25) is 5.02 Å². The second-order valence-corrected chi connectivity index (χ2v) is 9.20. The van der Waals surface area contributed by atoms with Crippen molar-refractivity contribution in [3.63, 3.8) is 0 Å². The predicted octanol–water partition coefficient (Wildman–Crippen LogP) is 7.29. The number of fused-ring (bicyclic) bond motifs is 1. The molecule has 0 saturated heterocycles. The number of benzene rings is 3. The summed E-state index contributed by atoms with van der Waals surface area (Å²) < 4.78 is 6.81. The summed E-state index contributed by atoms with van der Waals surface area (Å²) in [4.78, 5) is 24.2.